The molecule has 1 aromatic carbocycles. The summed E-state index contributed by atoms with van der Waals surface area (Å²) < 4.78 is 5.43. The molecule has 0 radical (unpaired) electrons. The average Bonchev–Trinajstić information content (AvgIpc) is 2.48. The number of hydrogen-bond acceptors (Lipinski definition) is 2. The number of rotatable bonds is 7. The molecular weight excluding hydrogens is 272 g/mol. The van der Waals surface area contributed by atoms with Crippen LogP contribution in [0.15, 0.2) is 53.6 Å². The van der Waals surface area contributed by atoms with E-state index in [4.69, 9.17) is 4.74 Å². The van der Waals surface area contributed by atoms with Gasteiger partial charge < -0.3 is 4.74 Å². The number of esters is 1. The molecule has 0 heterocycles. The van der Waals surface area contributed by atoms with Gasteiger partial charge >= 0.3 is 5.97 Å². The molecule has 0 unspecified atom stereocenters. The molecular formula is C20H28O2. The molecule has 0 spiro atoms. The molecule has 0 saturated heterocycles. The van der Waals surface area contributed by atoms with Gasteiger partial charge in [0.15, 0.2) is 0 Å². The second-order valence-corrected chi connectivity index (χ2v) is 6.14. The topological polar surface area (TPSA) is 26.3 Å². The van der Waals surface area contributed by atoms with Crippen molar-refractivity contribution in [3.8, 4) is 0 Å². The van der Waals surface area contributed by atoms with Gasteiger partial charge in [0.05, 0.1) is 12.0 Å². The van der Waals surface area contributed by atoms with Crippen molar-refractivity contribution < 1.29 is 9.53 Å². The highest BCUT2D eigenvalue weighted by Crippen LogP contribution is 2.35. The molecule has 2 nitrogen and oxygen atoms in total. The normalized spacial score (nSPS) is 10.8. The maximum Gasteiger partial charge on any atom is 0.317 e. The van der Waals surface area contributed by atoms with E-state index in [1.165, 1.54) is 11.1 Å². The van der Waals surface area contributed by atoms with Gasteiger partial charge in [-0.25, -0.2) is 0 Å². The Hall–Kier alpha value is -1.83. The minimum Gasteiger partial charge on any atom is -0.465 e. The number of allylic oxidation sites excluding steroid dienone is 4. The molecule has 120 valence electrons. The summed E-state index contributed by atoms with van der Waals surface area (Å²) in [5, 5.41) is 0. The van der Waals surface area contributed by atoms with Crippen LogP contribution in [0.4, 0.5) is 0 Å². The van der Waals surface area contributed by atoms with Gasteiger partial charge in [-0.3, -0.25) is 4.79 Å². The Morgan fingerprint density at radius 3 is 1.91 bits per heavy atom. The van der Waals surface area contributed by atoms with Gasteiger partial charge in [-0.05, 0) is 53.0 Å². The SMILES string of the molecule is CCOC(=O)C(CC=C(C)C)(CC=C(C)C)c1ccccc1. The molecule has 0 fully saturated rings. The maximum absolute atomic E-state index is 12.8. The number of carbonyl (C=O) groups excluding carboxylic acids is 1. The molecule has 22 heavy (non-hydrogen) atoms. The van der Waals surface area contributed by atoms with Crippen molar-refractivity contribution in [2.24, 2.45) is 0 Å². The summed E-state index contributed by atoms with van der Waals surface area (Å²) in [5.41, 5.74) is 2.79. The summed E-state index contributed by atoms with van der Waals surface area (Å²) in [6.07, 6.45) is 5.56. The van der Waals surface area contributed by atoms with Crippen LogP contribution >= 0.6 is 0 Å². The van der Waals surface area contributed by atoms with Crippen LogP contribution in [0.25, 0.3) is 0 Å². The molecule has 0 amide bonds. The van der Waals surface area contributed by atoms with Crippen LogP contribution in [-0.2, 0) is 14.9 Å². The first kappa shape index (κ1) is 18.2. The molecule has 0 N–H and O–H groups in total. The lowest BCUT2D eigenvalue weighted by Crippen LogP contribution is -2.37. The smallest absolute Gasteiger partial charge is 0.317 e. The third-order valence-electron chi connectivity index (χ3n) is 3.71. The summed E-state index contributed by atoms with van der Waals surface area (Å²) in [6, 6.07) is 9.98. The first-order chi connectivity index (χ1) is 10.4. The summed E-state index contributed by atoms with van der Waals surface area (Å²) >= 11 is 0. The van der Waals surface area contributed by atoms with E-state index in [9.17, 15) is 4.79 Å². The largest absolute Gasteiger partial charge is 0.465 e. The number of ether oxygens (including phenoxy) is 1. The second kappa shape index (κ2) is 8.57. The predicted octanol–water partition coefficient (Wildman–Crippen LogP) is 5.20. The Bertz CT molecular complexity index is 510. The van der Waals surface area contributed by atoms with Gasteiger partial charge in [0.25, 0.3) is 0 Å². The fourth-order valence-corrected chi connectivity index (χ4v) is 2.39. The van der Waals surface area contributed by atoms with Crippen LogP contribution in [0.1, 0.15) is 53.0 Å². The van der Waals surface area contributed by atoms with E-state index in [-0.39, 0.29) is 5.97 Å². The summed E-state index contributed by atoms with van der Waals surface area (Å²) in [4.78, 5) is 12.8. The predicted molar refractivity (Wildman–Crippen MR) is 92.8 cm³/mol. The Kier molecular flexibility index (Phi) is 7.10. The van der Waals surface area contributed by atoms with Crippen molar-refractivity contribution in [1.29, 1.82) is 0 Å². The number of benzene rings is 1. The van der Waals surface area contributed by atoms with Crippen LogP contribution in [0.3, 0.4) is 0 Å². The van der Waals surface area contributed by atoms with E-state index in [0.29, 0.717) is 19.4 Å². The zero-order valence-electron chi connectivity index (χ0n) is 14.5. The van der Waals surface area contributed by atoms with Gasteiger partial charge in [0, 0.05) is 0 Å². The lowest BCUT2D eigenvalue weighted by atomic mass is 9.74. The fraction of sp³-hybridized carbons (Fsp3) is 0.450. The van der Waals surface area contributed by atoms with Gasteiger partial charge in [-0.1, -0.05) is 53.6 Å². The molecule has 0 bridgehead atoms. The van der Waals surface area contributed by atoms with Gasteiger partial charge in [-0.15, -0.1) is 0 Å². The van der Waals surface area contributed by atoms with Crippen LogP contribution in [-0.4, -0.2) is 12.6 Å². The van der Waals surface area contributed by atoms with Crippen LogP contribution in [0.2, 0.25) is 0 Å². The van der Waals surface area contributed by atoms with E-state index < -0.39 is 5.41 Å². The Morgan fingerprint density at radius 2 is 1.50 bits per heavy atom. The van der Waals surface area contributed by atoms with Crippen molar-refractivity contribution in [2.45, 2.75) is 52.9 Å². The summed E-state index contributed by atoms with van der Waals surface area (Å²) in [6.45, 7) is 10.5. The molecule has 1 rings (SSSR count). The molecule has 0 aromatic heterocycles. The molecule has 0 saturated carbocycles. The third kappa shape index (κ3) is 4.87. The standard InChI is InChI=1S/C20H28O2/c1-6-22-19(21)20(14-12-16(2)3,15-13-17(4)5)18-10-8-7-9-11-18/h7-13H,6,14-15H2,1-5H3. The molecule has 0 atom stereocenters. The highest BCUT2D eigenvalue weighted by Gasteiger charge is 2.39. The summed E-state index contributed by atoms with van der Waals surface area (Å²) in [7, 11) is 0. The van der Waals surface area contributed by atoms with Crippen LogP contribution in [0.5, 0.6) is 0 Å². The minimum absolute atomic E-state index is 0.142. The van der Waals surface area contributed by atoms with Crippen molar-refractivity contribution in [3.63, 3.8) is 0 Å². The first-order valence-electron chi connectivity index (χ1n) is 7.92. The summed E-state index contributed by atoms with van der Waals surface area (Å²) in [5.74, 6) is -0.142. The van der Waals surface area contributed by atoms with Gasteiger partial charge in [0.2, 0.25) is 0 Å². The molecule has 0 aliphatic carbocycles. The molecule has 0 aliphatic heterocycles. The quantitative estimate of drug-likeness (QED) is 0.511. The van der Waals surface area contributed by atoms with Crippen LogP contribution < -0.4 is 0 Å². The van der Waals surface area contributed by atoms with E-state index >= 15 is 0 Å². The number of hydrogen-bond donors (Lipinski definition) is 0. The zero-order valence-corrected chi connectivity index (χ0v) is 14.5. The lowest BCUT2D eigenvalue weighted by Gasteiger charge is -2.30. The van der Waals surface area contributed by atoms with Crippen molar-refractivity contribution in [3.05, 3.63) is 59.2 Å². The molecule has 1 aromatic rings. The van der Waals surface area contributed by atoms with E-state index in [1.54, 1.807) is 0 Å². The van der Waals surface area contributed by atoms with E-state index in [1.807, 2.05) is 37.3 Å². The third-order valence-corrected chi connectivity index (χ3v) is 3.71. The van der Waals surface area contributed by atoms with Gasteiger partial charge in [0.1, 0.15) is 0 Å². The van der Waals surface area contributed by atoms with Crippen LogP contribution in [0, 0.1) is 0 Å². The Labute approximate surface area is 134 Å². The minimum atomic E-state index is -0.647. The highest BCUT2D eigenvalue weighted by atomic mass is 16.5. The van der Waals surface area contributed by atoms with Crippen molar-refractivity contribution in [2.75, 3.05) is 6.61 Å². The molecule has 0 aliphatic rings. The number of carbonyl (C=O) groups is 1. The zero-order chi connectivity index (χ0) is 16.6. The molecule has 2 heteroatoms. The lowest BCUT2D eigenvalue weighted by molar-refractivity contribution is -0.150. The Balaban J connectivity index is 3.37. The monoisotopic (exact) mass is 300 g/mol. The Morgan fingerprint density at radius 1 is 1.00 bits per heavy atom. The van der Waals surface area contributed by atoms with Crippen molar-refractivity contribution >= 4 is 5.97 Å². The van der Waals surface area contributed by atoms with E-state index in [2.05, 4.69) is 39.8 Å². The van der Waals surface area contributed by atoms with Crippen molar-refractivity contribution in [1.82, 2.24) is 0 Å². The highest BCUT2D eigenvalue weighted by molar-refractivity contribution is 5.84. The first-order valence-corrected chi connectivity index (χ1v) is 7.92. The maximum atomic E-state index is 12.8. The van der Waals surface area contributed by atoms with E-state index in [0.717, 1.165) is 5.56 Å². The van der Waals surface area contributed by atoms with Gasteiger partial charge in [-0.2, -0.15) is 0 Å². The average molecular weight is 300 g/mol. The second-order valence-electron chi connectivity index (χ2n) is 6.14. The fourth-order valence-electron chi connectivity index (χ4n) is 2.39.